The highest BCUT2D eigenvalue weighted by atomic mass is 35.5. The van der Waals surface area contributed by atoms with E-state index in [-0.39, 0.29) is 17.0 Å². The molecule has 1 unspecified atom stereocenters. The Balaban J connectivity index is 2.28. The summed E-state index contributed by atoms with van der Waals surface area (Å²) in [7, 11) is 0. The number of aliphatic hydroxyl groups excluding tert-OH is 1. The Bertz CT molecular complexity index is 581. The highest BCUT2D eigenvalue weighted by molar-refractivity contribution is 6.35. The number of halogens is 4. The fraction of sp³-hybridized carbons (Fsp3) is 0.143. The average Bonchev–Trinajstić information content (AvgIpc) is 2.33. The fourth-order valence-corrected chi connectivity index (χ4v) is 2.58. The molecule has 19 heavy (non-hydrogen) atoms. The van der Waals surface area contributed by atoms with E-state index >= 15 is 0 Å². The molecule has 0 aliphatic heterocycles. The maximum atomic E-state index is 13.6. The van der Waals surface area contributed by atoms with Crippen molar-refractivity contribution in [3.05, 3.63) is 68.4 Å². The third-order valence-corrected chi connectivity index (χ3v) is 3.70. The second-order valence-corrected chi connectivity index (χ2v) is 5.34. The van der Waals surface area contributed by atoms with Gasteiger partial charge in [-0.15, -0.1) is 0 Å². The summed E-state index contributed by atoms with van der Waals surface area (Å²) < 4.78 is 13.6. The molecule has 0 radical (unpaired) electrons. The number of benzene rings is 2. The van der Waals surface area contributed by atoms with Gasteiger partial charge in [-0.1, -0.05) is 46.9 Å². The second-order valence-electron chi connectivity index (χ2n) is 4.09. The predicted molar refractivity (Wildman–Crippen MR) is 76.5 cm³/mol. The monoisotopic (exact) mass is 318 g/mol. The van der Waals surface area contributed by atoms with Crippen LogP contribution in [-0.2, 0) is 6.42 Å². The number of aliphatic hydroxyl groups is 1. The van der Waals surface area contributed by atoms with Crippen molar-refractivity contribution < 1.29 is 9.50 Å². The maximum Gasteiger partial charge on any atom is 0.127 e. The Labute approximate surface area is 125 Å². The van der Waals surface area contributed by atoms with Gasteiger partial charge < -0.3 is 5.11 Å². The number of hydrogen-bond acceptors (Lipinski definition) is 1. The summed E-state index contributed by atoms with van der Waals surface area (Å²) in [5, 5.41) is 11.2. The molecule has 0 aliphatic rings. The summed E-state index contributed by atoms with van der Waals surface area (Å²) in [5.74, 6) is -0.448. The summed E-state index contributed by atoms with van der Waals surface area (Å²) in [6.45, 7) is 0. The van der Waals surface area contributed by atoms with Crippen LogP contribution in [0.15, 0.2) is 36.4 Å². The minimum Gasteiger partial charge on any atom is -0.388 e. The highest BCUT2D eigenvalue weighted by Gasteiger charge is 2.16. The molecule has 0 bridgehead atoms. The first-order valence-corrected chi connectivity index (χ1v) is 6.68. The van der Waals surface area contributed by atoms with E-state index in [9.17, 15) is 9.50 Å². The van der Waals surface area contributed by atoms with Gasteiger partial charge in [-0.05, 0) is 29.8 Å². The van der Waals surface area contributed by atoms with Crippen LogP contribution in [0.1, 0.15) is 17.2 Å². The van der Waals surface area contributed by atoms with Crippen LogP contribution in [-0.4, -0.2) is 5.11 Å². The van der Waals surface area contributed by atoms with Gasteiger partial charge in [0.1, 0.15) is 5.82 Å². The van der Waals surface area contributed by atoms with E-state index in [1.54, 1.807) is 18.2 Å². The lowest BCUT2D eigenvalue weighted by molar-refractivity contribution is 0.177. The van der Waals surface area contributed by atoms with E-state index < -0.39 is 11.9 Å². The molecule has 2 rings (SSSR count). The van der Waals surface area contributed by atoms with E-state index in [2.05, 4.69) is 0 Å². The average molecular weight is 320 g/mol. The number of hydrogen-bond donors (Lipinski definition) is 1. The van der Waals surface area contributed by atoms with Crippen molar-refractivity contribution in [1.82, 2.24) is 0 Å². The van der Waals surface area contributed by atoms with Crippen molar-refractivity contribution in [3.63, 3.8) is 0 Å². The quantitative estimate of drug-likeness (QED) is 0.838. The van der Waals surface area contributed by atoms with E-state index in [0.29, 0.717) is 15.6 Å². The molecule has 0 aromatic heterocycles. The first-order valence-electron chi connectivity index (χ1n) is 5.55. The zero-order valence-electron chi connectivity index (χ0n) is 9.71. The molecule has 2 aromatic rings. The lowest BCUT2D eigenvalue weighted by atomic mass is 10.0. The van der Waals surface area contributed by atoms with Gasteiger partial charge >= 0.3 is 0 Å². The van der Waals surface area contributed by atoms with E-state index in [1.807, 2.05) is 0 Å². The molecule has 5 heteroatoms. The Morgan fingerprint density at radius 3 is 2.42 bits per heavy atom. The molecule has 0 fully saturated rings. The van der Waals surface area contributed by atoms with Gasteiger partial charge in [0.2, 0.25) is 0 Å². The highest BCUT2D eigenvalue weighted by Crippen LogP contribution is 2.30. The van der Waals surface area contributed by atoms with Gasteiger partial charge in [0.25, 0.3) is 0 Å². The van der Waals surface area contributed by atoms with Crippen molar-refractivity contribution >= 4 is 34.8 Å². The lowest BCUT2D eigenvalue weighted by Gasteiger charge is -2.14. The standard InChI is InChI=1S/C14H10Cl3FO/c15-8-4-5-9(12(17)6-8)14(19)7-10-11(16)2-1-3-13(10)18/h1-6,14,19H,7H2. The zero-order valence-corrected chi connectivity index (χ0v) is 12.0. The fourth-order valence-electron chi connectivity index (χ4n) is 1.80. The van der Waals surface area contributed by atoms with Crippen LogP contribution in [0.3, 0.4) is 0 Å². The predicted octanol–water partition coefficient (Wildman–Crippen LogP) is 5.06. The van der Waals surface area contributed by atoms with Crippen LogP contribution >= 0.6 is 34.8 Å². The molecular weight excluding hydrogens is 310 g/mol. The Kier molecular flexibility index (Phi) is 4.69. The van der Waals surface area contributed by atoms with Crippen LogP contribution in [0.4, 0.5) is 4.39 Å². The van der Waals surface area contributed by atoms with E-state index in [0.717, 1.165) is 0 Å². The summed E-state index contributed by atoms with van der Waals surface area (Å²) in [5.41, 5.74) is 0.757. The normalized spacial score (nSPS) is 12.5. The number of rotatable bonds is 3. The van der Waals surface area contributed by atoms with Crippen LogP contribution < -0.4 is 0 Å². The molecule has 1 nitrogen and oxygen atoms in total. The van der Waals surface area contributed by atoms with E-state index in [1.165, 1.54) is 18.2 Å². The molecule has 2 aromatic carbocycles. The van der Waals surface area contributed by atoms with Crippen molar-refractivity contribution in [2.45, 2.75) is 12.5 Å². The summed E-state index contributed by atoms with van der Waals surface area (Å²) in [4.78, 5) is 0. The molecule has 0 amide bonds. The molecule has 0 aliphatic carbocycles. The molecular formula is C14H10Cl3FO. The van der Waals surface area contributed by atoms with Crippen molar-refractivity contribution in [3.8, 4) is 0 Å². The molecule has 0 saturated heterocycles. The topological polar surface area (TPSA) is 20.2 Å². The van der Waals surface area contributed by atoms with Gasteiger partial charge in [0.05, 0.1) is 6.10 Å². The Morgan fingerprint density at radius 1 is 1.05 bits per heavy atom. The van der Waals surface area contributed by atoms with Gasteiger partial charge in [0, 0.05) is 27.1 Å². The molecule has 0 heterocycles. The smallest absolute Gasteiger partial charge is 0.127 e. The Morgan fingerprint density at radius 2 is 1.79 bits per heavy atom. The molecule has 100 valence electrons. The second kappa shape index (κ2) is 6.10. The summed E-state index contributed by atoms with van der Waals surface area (Å²) in [6, 6.07) is 9.17. The Hall–Kier alpha value is -0.800. The third-order valence-electron chi connectivity index (χ3n) is 2.78. The van der Waals surface area contributed by atoms with E-state index in [4.69, 9.17) is 34.8 Å². The van der Waals surface area contributed by atoms with Crippen molar-refractivity contribution in [2.24, 2.45) is 0 Å². The van der Waals surface area contributed by atoms with Crippen LogP contribution in [0.2, 0.25) is 15.1 Å². The largest absolute Gasteiger partial charge is 0.388 e. The minimum absolute atomic E-state index is 0.0485. The van der Waals surface area contributed by atoms with Gasteiger partial charge in [-0.2, -0.15) is 0 Å². The first-order chi connectivity index (χ1) is 8.99. The molecule has 1 N–H and O–H groups in total. The van der Waals surface area contributed by atoms with Gasteiger partial charge in [0.15, 0.2) is 0 Å². The third kappa shape index (κ3) is 3.40. The molecule has 0 saturated carbocycles. The van der Waals surface area contributed by atoms with Crippen molar-refractivity contribution in [1.29, 1.82) is 0 Å². The zero-order chi connectivity index (χ0) is 14.0. The van der Waals surface area contributed by atoms with Gasteiger partial charge in [-0.3, -0.25) is 0 Å². The summed E-state index contributed by atoms with van der Waals surface area (Å²) >= 11 is 17.7. The molecule has 1 atom stereocenters. The summed E-state index contributed by atoms with van der Waals surface area (Å²) in [6.07, 6.45) is -0.897. The van der Waals surface area contributed by atoms with Crippen molar-refractivity contribution in [2.75, 3.05) is 0 Å². The molecule has 0 spiro atoms. The van der Waals surface area contributed by atoms with Crippen LogP contribution in [0, 0.1) is 5.82 Å². The van der Waals surface area contributed by atoms with Crippen LogP contribution in [0.5, 0.6) is 0 Å². The minimum atomic E-state index is -0.945. The SMILES string of the molecule is OC(Cc1c(F)cccc1Cl)c1ccc(Cl)cc1Cl. The first kappa shape index (κ1) is 14.6. The van der Waals surface area contributed by atoms with Gasteiger partial charge in [-0.25, -0.2) is 4.39 Å². The maximum absolute atomic E-state index is 13.6. The van der Waals surface area contributed by atoms with Crippen LogP contribution in [0.25, 0.3) is 0 Å². The lowest BCUT2D eigenvalue weighted by Crippen LogP contribution is -2.05.